The van der Waals surface area contributed by atoms with E-state index in [1.54, 1.807) is 0 Å². The van der Waals surface area contributed by atoms with E-state index < -0.39 is 0 Å². The molecule has 2 fully saturated rings. The summed E-state index contributed by atoms with van der Waals surface area (Å²) in [6, 6.07) is 0.420. The summed E-state index contributed by atoms with van der Waals surface area (Å²) in [5.74, 6) is 2.61. The highest BCUT2D eigenvalue weighted by Gasteiger charge is 2.29. The molecule has 0 spiro atoms. The first kappa shape index (κ1) is 16.2. The van der Waals surface area contributed by atoms with Crippen LogP contribution in [-0.4, -0.2) is 36.0 Å². The quantitative estimate of drug-likeness (QED) is 0.792. The third kappa shape index (κ3) is 4.66. The number of amides is 1. The van der Waals surface area contributed by atoms with Crippen molar-refractivity contribution in [2.45, 2.75) is 63.7 Å². The largest absolute Gasteiger partial charge is 0.352 e. The molecule has 2 aliphatic rings. The van der Waals surface area contributed by atoms with E-state index in [0.29, 0.717) is 29.5 Å². The maximum atomic E-state index is 12.3. The number of piperidine rings is 1. The smallest absolute Gasteiger partial charge is 0.220 e. The molecule has 0 radical (unpaired) electrons. The molecule has 0 aromatic rings. The Kier molecular flexibility index (Phi) is 6.69. The number of hydrogen-bond donors (Lipinski definition) is 2. The first-order chi connectivity index (χ1) is 9.70. The van der Waals surface area contributed by atoms with E-state index in [1.165, 1.54) is 32.1 Å². The summed E-state index contributed by atoms with van der Waals surface area (Å²) < 4.78 is 0. The van der Waals surface area contributed by atoms with Gasteiger partial charge in [0, 0.05) is 17.7 Å². The molecule has 2 rings (SSSR count). The molecule has 2 N–H and O–H groups in total. The normalized spacial score (nSPS) is 32.0. The number of carbonyl (C=O) groups is 1. The average molecular weight is 298 g/mol. The van der Waals surface area contributed by atoms with E-state index >= 15 is 0 Å². The molecule has 4 heteroatoms. The second-order valence-corrected chi connectivity index (χ2v) is 7.90. The molecule has 3 nitrogen and oxygen atoms in total. The van der Waals surface area contributed by atoms with Gasteiger partial charge in [0.05, 0.1) is 0 Å². The van der Waals surface area contributed by atoms with Gasteiger partial charge < -0.3 is 10.6 Å². The molecule has 1 heterocycles. The predicted molar refractivity (Wildman–Crippen MR) is 87.1 cm³/mol. The second-order valence-electron chi connectivity index (χ2n) is 6.39. The third-order valence-electron chi connectivity index (χ3n) is 4.83. The van der Waals surface area contributed by atoms with Crippen LogP contribution in [0.5, 0.6) is 0 Å². The van der Waals surface area contributed by atoms with Gasteiger partial charge in [-0.3, -0.25) is 4.79 Å². The van der Waals surface area contributed by atoms with E-state index in [2.05, 4.69) is 24.5 Å². The topological polar surface area (TPSA) is 41.1 Å². The molecule has 1 aliphatic heterocycles. The van der Waals surface area contributed by atoms with Crippen LogP contribution in [0.25, 0.3) is 0 Å². The molecular weight excluding hydrogens is 268 g/mol. The molecule has 4 atom stereocenters. The summed E-state index contributed by atoms with van der Waals surface area (Å²) in [6.07, 6.45) is 6.94. The van der Waals surface area contributed by atoms with Gasteiger partial charge in [-0.1, -0.05) is 20.3 Å². The van der Waals surface area contributed by atoms with Crippen LogP contribution >= 0.6 is 11.8 Å². The molecule has 4 unspecified atom stereocenters. The Morgan fingerprint density at radius 2 is 2.20 bits per heavy atom. The number of carbonyl (C=O) groups excluding carboxylic acids is 1. The minimum Gasteiger partial charge on any atom is -0.352 e. The van der Waals surface area contributed by atoms with Gasteiger partial charge in [-0.2, -0.15) is 11.8 Å². The van der Waals surface area contributed by atoms with E-state index in [9.17, 15) is 4.79 Å². The third-order valence-corrected chi connectivity index (χ3v) is 6.15. The molecule has 1 saturated heterocycles. The van der Waals surface area contributed by atoms with Gasteiger partial charge >= 0.3 is 0 Å². The highest BCUT2D eigenvalue weighted by molar-refractivity contribution is 7.99. The molecular formula is C16H30N2OS. The Balaban J connectivity index is 1.73. The van der Waals surface area contributed by atoms with Crippen molar-refractivity contribution in [3.8, 4) is 0 Å². The Bertz CT molecular complexity index is 305. The van der Waals surface area contributed by atoms with Gasteiger partial charge in [-0.25, -0.2) is 0 Å². The Hall–Kier alpha value is -0.220. The lowest BCUT2D eigenvalue weighted by molar-refractivity contribution is -0.123. The number of hydrogen-bond acceptors (Lipinski definition) is 3. The maximum Gasteiger partial charge on any atom is 0.220 e. The maximum absolute atomic E-state index is 12.3. The van der Waals surface area contributed by atoms with Gasteiger partial charge in [0.25, 0.3) is 0 Å². The minimum absolute atomic E-state index is 0.275. The lowest BCUT2D eigenvalue weighted by Crippen LogP contribution is -2.41. The summed E-state index contributed by atoms with van der Waals surface area (Å²) >= 11 is 2.01. The summed E-state index contributed by atoms with van der Waals surface area (Å²) in [6.45, 7) is 6.68. The number of nitrogens with one attached hydrogen (secondary N) is 2. The van der Waals surface area contributed by atoms with Crippen molar-refractivity contribution in [3.63, 3.8) is 0 Å². The predicted octanol–water partition coefficient (Wildman–Crippen LogP) is 2.80. The van der Waals surface area contributed by atoms with Crippen LogP contribution in [0.2, 0.25) is 0 Å². The Labute approximate surface area is 128 Å². The van der Waals surface area contributed by atoms with Crippen molar-refractivity contribution >= 4 is 17.7 Å². The zero-order valence-corrected chi connectivity index (χ0v) is 13.8. The van der Waals surface area contributed by atoms with Crippen molar-refractivity contribution in [1.82, 2.24) is 10.6 Å². The van der Waals surface area contributed by atoms with Crippen LogP contribution in [0.1, 0.15) is 52.4 Å². The second kappa shape index (κ2) is 8.28. The fraction of sp³-hybridized carbons (Fsp3) is 0.938. The van der Waals surface area contributed by atoms with Crippen LogP contribution in [0.15, 0.2) is 0 Å². The van der Waals surface area contributed by atoms with Gasteiger partial charge in [-0.05, 0) is 56.4 Å². The number of rotatable bonds is 6. The first-order valence-corrected chi connectivity index (χ1v) is 9.37. The summed E-state index contributed by atoms with van der Waals surface area (Å²) in [7, 11) is 0. The molecule has 1 saturated carbocycles. The van der Waals surface area contributed by atoms with Crippen LogP contribution in [0, 0.1) is 11.8 Å². The van der Waals surface area contributed by atoms with Crippen LogP contribution < -0.4 is 10.6 Å². The molecule has 1 aliphatic carbocycles. The monoisotopic (exact) mass is 298 g/mol. The highest BCUT2D eigenvalue weighted by Crippen LogP contribution is 2.30. The lowest BCUT2D eigenvalue weighted by Gasteiger charge is -2.28. The van der Waals surface area contributed by atoms with Gasteiger partial charge in [0.2, 0.25) is 5.91 Å². The fourth-order valence-corrected chi connectivity index (χ4v) is 4.79. The Morgan fingerprint density at radius 3 is 2.90 bits per heavy atom. The molecule has 1 amide bonds. The van der Waals surface area contributed by atoms with Crippen molar-refractivity contribution in [2.24, 2.45) is 11.8 Å². The molecule has 116 valence electrons. The van der Waals surface area contributed by atoms with E-state index in [0.717, 1.165) is 18.8 Å². The van der Waals surface area contributed by atoms with Gasteiger partial charge in [-0.15, -0.1) is 0 Å². The lowest BCUT2D eigenvalue weighted by atomic mass is 9.85. The molecule has 0 aromatic heterocycles. The van der Waals surface area contributed by atoms with Crippen LogP contribution in [-0.2, 0) is 4.79 Å². The van der Waals surface area contributed by atoms with Crippen molar-refractivity contribution in [3.05, 3.63) is 0 Å². The highest BCUT2D eigenvalue weighted by atomic mass is 32.2. The van der Waals surface area contributed by atoms with Crippen molar-refractivity contribution in [2.75, 3.05) is 18.8 Å². The van der Waals surface area contributed by atoms with E-state index in [4.69, 9.17) is 0 Å². The molecule has 0 aromatic carbocycles. The van der Waals surface area contributed by atoms with Crippen molar-refractivity contribution < 1.29 is 4.79 Å². The van der Waals surface area contributed by atoms with Crippen LogP contribution in [0.4, 0.5) is 0 Å². The standard InChI is InChI=1S/C16H30N2OS/c1-3-20-15-8-4-7-14(15)18-16(19)10-12(2)13-6-5-9-17-11-13/h12-15,17H,3-11H2,1-2H3,(H,18,19). The number of thioether (sulfide) groups is 1. The molecule has 0 bridgehead atoms. The van der Waals surface area contributed by atoms with Crippen LogP contribution in [0.3, 0.4) is 0 Å². The van der Waals surface area contributed by atoms with Crippen molar-refractivity contribution in [1.29, 1.82) is 0 Å². The fourth-order valence-electron chi connectivity index (χ4n) is 3.59. The summed E-state index contributed by atoms with van der Waals surface area (Å²) in [4.78, 5) is 12.3. The average Bonchev–Trinajstić information content (AvgIpc) is 2.87. The SMILES string of the molecule is CCSC1CCCC1NC(=O)CC(C)C1CCCNC1. The van der Waals surface area contributed by atoms with Gasteiger partial charge in [0.1, 0.15) is 0 Å². The Morgan fingerprint density at radius 1 is 1.35 bits per heavy atom. The minimum atomic E-state index is 0.275. The first-order valence-electron chi connectivity index (χ1n) is 8.32. The summed E-state index contributed by atoms with van der Waals surface area (Å²) in [5, 5.41) is 7.40. The zero-order chi connectivity index (χ0) is 14.4. The van der Waals surface area contributed by atoms with Gasteiger partial charge in [0.15, 0.2) is 0 Å². The van der Waals surface area contributed by atoms with E-state index in [-0.39, 0.29) is 5.91 Å². The van der Waals surface area contributed by atoms with E-state index in [1.807, 2.05) is 11.8 Å². The zero-order valence-electron chi connectivity index (χ0n) is 13.0. The molecule has 20 heavy (non-hydrogen) atoms. The summed E-state index contributed by atoms with van der Waals surface area (Å²) in [5.41, 5.74) is 0.